The van der Waals surface area contributed by atoms with Crippen molar-refractivity contribution in [2.45, 2.75) is 20.3 Å². The van der Waals surface area contributed by atoms with E-state index >= 15 is 0 Å². The van der Waals surface area contributed by atoms with Gasteiger partial charge in [0, 0.05) is 46.5 Å². The highest BCUT2D eigenvalue weighted by molar-refractivity contribution is 5.82. The second-order valence-corrected chi connectivity index (χ2v) is 4.96. The zero-order chi connectivity index (χ0) is 15.3. The highest BCUT2D eigenvalue weighted by Crippen LogP contribution is 2.09. The van der Waals surface area contributed by atoms with Gasteiger partial charge in [0.05, 0.1) is 26.4 Å². The third-order valence-electron chi connectivity index (χ3n) is 3.32. The van der Waals surface area contributed by atoms with E-state index in [1.165, 1.54) is 0 Å². The lowest BCUT2D eigenvalue weighted by Crippen LogP contribution is -2.37. The summed E-state index contributed by atoms with van der Waals surface area (Å²) in [6.45, 7) is 12.4. The molecular formula is C15H31N3O3. The van der Waals surface area contributed by atoms with Crippen LogP contribution >= 0.6 is 0 Å². The molecule has 1 saturated heterocycles. The first-order valence-electron chi connectivity index (χ1n) is 8.02. The van der Waals surface area contributed by atoms with Gasteiger partial charge in [-0.1, -0.05) is 6.92 Å². The maximum absolute atomic E-state index is 5.50. The minimum absolute atomic E-state index is 0.689. The van der Waals surface area contributed by atoms with E-state index in [4.69, 9.17) is 19.2 Å². The van der Waals surface area contributed by atoms with E-state index in [9.17, 15) is 0 Å². The van der Waals surface area contributed by atoms with Crippen molar-refractivity contribution in [3.8, 4) is 0 Å². The number of rotatable bonds is 12. The zero-order valence-electron chi connectivity index (χ0n) is 13.8. The molecule has 1 rings (SSSR count). The molecule has 0 unspecified atom stereocenters. The number of ether oxygens (including phenoxy) is 3. The smallest absolute Gasteiger partial charge is 0.196 e. The standard InChI is InChI=1S/C15H31N3O3/c1-4-11-21-12-6-16-15-17(9-13-19-3)7-8-18(15)10-14-20-5-2/h4-14H2,1-3H3/b16-15+. The molecule has 0 aromatic carbocycles. The third kappa shape index (κ3) is 7.11. The SMILES string of the molecule is CCCOCC/N=C1\N(CCOC)CCN1CCOCC. The number of hydrogen-bond donors (Lipinski definition) is 0. The monoisotopic (exact) mass is 301 g/mol. The van der Waals surface area contributed by atoms with Crippen LogP contribution in [0.1, 0.15) is 20.3 Å². The lowest BCUT2D eigenvalue weighted by molar-refractivity contribution is 0.133. The van der Waals surface area contributed by atoms with Gasteiger partial charge in [-0.2, -0.15) is 0 Å². The molecule has 1 heterocycles. The Kier molecular flexibility index (Phi) is 10.2. The topological polar surface area (TPSA) is 46.5 Å². The third-order valence-corrected chi connectivity index (χ3v) is 3.32. The van der Waals surface area contributed by atoms with Crippen molar-refractivity contribution in [3.05, 3.63) is 0 Å². The number of methoxy groups -OCH3 is 1. The van der Waals surface area contributed by atoms with Crippen molar-refractivity contribution >= 4 is 5.96 Å². The Balaban J connectivity index is 2.46. The first-order valence-corrected chi connectivity index (χ1v) is 8.02. The maximum atomic E-state index is 5.50. The average molecular weight is 301 g/mol. The first kappa shape index (κ1) is 18.2. The van der Waals surface area contributed by atoms with Crippen LogP contribution in [0.2, 0.25) is 0 Å². The van der Waals surface area contributed by atoms with Gasteiger partial charge >= 0.3 is 0 Å². The molecule has 124 valence electrons. The van der Waals surface area contributed by atoms with Crippen LogP contribution in [0, 0.1) is 0 Å². The summed E-state index contributed by atoms with van der Waals surface area (Å²) in [5.41, 5.74) is 0. The van der Waals surface area contributed by atoms with E-state index in [0.29, 0.717) is 13.2 Å². The van der Waals surface area contributed by atoms with Crippen LogP contribution in [0.3, 0.4) is 0 Å². The molecule has 0 radical (unpaired) electrons. The Morgan fingerprint density at radius 3 is 2.29 bits per heavy atom. The van der Waals surface area contributed by atoms with Crippen LogP contribution in [0.5, 0.6) is 0 Å². The van der Waals surface area contributed by atoms with Gasteiger partial charge in [0.1, 0.15) is 0 Å². The fourth-order valence-corrected chi connectivity index (χ4v) is 2.24. The zero-order valence-corrected chi connectivity index (χ0v) is 13.8. The molecule has 0 bridgehead atoms. The predicted molar refractivity (Wildman–Crippen MR) is 84.9 cm³/mol. The summed E-state index contributed by atoms with van der Waals surface area (Å²) in [5.74, 6) is 1.06. The van der Waals surface area contributed by atoms with E-state index in [1.54, 1.807) is 7.11 Å². The second-order valence-electron chi connectivity index (χ2n) is 4.96. The Morgan fingerprint density at radius 1 is 0.952 bits per heavy atom. The summed E-state index contributed by atoms with van der Waals surface area (Å²) in [5, 5.41) is 0. The van der Waals surface area contributed by atoms with Gasteiger partial charge in [-0.15, -0.1) is 0 Å². The van der Waals surface area contributed by atoms with Gasteiger partial charge in [-0.3, -0.25) is 4.99 Å². The van der Waals surface area contributed by atoms with Gasteiger partial charge < -0.3 is 24.0 Å². The molecule has 0 aromatic heterocycles. The van der Waals surface area contributed by atoms with Crippen molar-refractivity contribution in [1.82, 2.24) is 9.80 Å². The predicted octanol–water partition coefficient (Wildman–Crippen LogP) is 1.07. The largest absolute Gasteiger partial charge is 0.383 e. The van der Waals surface area contributed by atoms with E-state index in [2.05, 4.69) is 16.7 Å². The van der Waals surface area contributed by atoms with Crippen molar-refractivity contribution in [2.24, 2.45) is 4.99 Å². The molecule has 0 aliphatic carbocycles. The molecular weight excluding hydrogens is 270 g/mol. The number of hydrogen-bond acceptors (Lipinski definition) is 4. The summed E-state index contributed by atoms with van der Waals surface area (Å²) >= 11 is 0. The normalized spacial score (nSPS) is 17.2. The summed E-state index contributed by atoms with van der Waals surface area (Å²) < 4.78 is 16.1. The van der Waals surface area contributed by atoms with E-state index in [0.717, 1.165) is 65.0 Å². The molecule has 1 aliphatic rings. The van der Waals surface area contributed by atoms with Crippen molar-refractivity contribution in [2.75, 3.05) is 72.9 Å². The molecule has 1 aliphatic heterocycles. The first-order chi connectivity index (χ1) is 10.3. The molecule has 0 atom stereocenters. The quantitative estimate of drug-likeness (QED) is 0.505. The molecule has 0 spiro atoms. The molecule has 0 amide bonds. The highest BCUT2D eigenvalue weighted by Gasteiger charge is 2.25. The Labute approximate surface area is 129 Å². The second kappa shape index (κ2) is 11.8. The van der Waals surface area contributed by atoms with Crippen molar-refractivity contribution < 1.29 is 14.2 Å². The Bertz CT molecular complexity index is 287. The van der Waals surface area contributed by atoms with Gasteiger partial charge in [0.2, 0.25) is 0 Å². The summed E-state index contributed by atoms with van der Waals surface area (Å²) in [6, 6.07) is 0. The van der Waals surface area contributed by atoms with Crippen LogP contribution in [-0.4, -0.2) is 88.6 Å². The van der Waals surface area contributed by atoms with E-state index in [1.807, 2.05) is 6.92 Å². The minimum atomic E-state index is 0.689. The van der Waals surface area contributed by atoms with Crippen LogP contribution < -0.4 is 0 Å². The maximum Gasteiger partial charge on any atom is 0.196 e. The number of guanidine groups is 1. The highest BCUT2D eigenvalue weighted by atomic mass is 16.5. The molecule has 0 saturated carbocycles. The Hall–Kier alpha value is -0.850. The lowest BCUT2D eigenvalue weighted by Gasteiger charge is -2.23. The van der Waals surface area contributed by atoms with Gasteiger partial charge in [-0.25, -0.2) is 0 Å². The van der Waals surface area contributed by atoms with Crippen LogP contribution in [0.4, 0.5) is 0 Å². The van der Waals surface area contributed by atoms with E-state index in [-0.39, 0.29) is 0 Å². The number of nitrogens with zero attached hydrogens (tertiary/aromatic N) is 3. The minimum Gasteiger partial charge on any atom is -0.383 e. The average Bonchev–Trinajstić information content (AvgIpc) is 2.87. The van der Waals surface area contributed by atoms with E-state index < -0.39 is 0 Å². The Morgan fingerprint density at radius 2 is 1.67 bits per heavy atom. The van der Waals surface area contributed by atoms with Crippen LogP contribution in [0.15, 0.2) is 4.99 Å². The van der Waals surface area contributed by atoms with Crippen LogP contribution in [0.25, 0.3) is 0 Å². The molecule has 0 aromatic rings. The summed E-state index contributed by atoms with van der Waals surface area (Å²) in [4.78, 5) is 9.31. The molecule has 6 nitrogen and oxygen atoms in total. The number of aliphatic imine (C=N–C) groups is 1. The molecule has 21 heavy (non-hydrogen) atoms. The van der Waals surface area contributed by atoms with Gasteiger partial charge in [-0.05, 0) is 13.3 Å². The molecule has 1 fully saturated rings. The lowest BCUT2D eigenvalue weighted by atomic mass is 10.5. The van der Waals surface area contributed by atoms with Gasteiger partial charge in [0.15, 0.2) is 5.96 Å². The summed E-state index contributed by atoms with van der Waals surface area (Å²) in [7, 11) is 1.73. The fourth-order valence-electron chi connectivity index (χ4n) is 2.24. The fraction of sp³-hybridized carbons (Fsp3) is 0.933. The van der Waals surface area contributed by atoms with Crippen molar-refractivity contribution in [3.63, 3.8) is 0 Å². The molecule has 6 heteroatoms. The summed E-state index contributed by atoms with van der Waals surface area (Å²) in [6.07, 6.45) is 1.05. The van der Waals surface area contributed by atoms with Gasteiger partial charge in [0.25, 0.3) is 0 Å². The molecule has 0 N–H and O–H groups in total. The van der Waals surface area contributed by atoms with Crippen LogP contribution in [-0.2, 0) is 14.2 Å². The van der Waals surface area contributed by atoms with Crippen molar-refractivity contribution in [1.29, 1.82) is 0 Å².